The predicted molar refractivity (Wildman–Crippen MR) is 87.5 cm³/mol. The molecule has 5 nitrogen and oxygen atoms in total. The zero-order valence-electron chi connectivity index (χ0n) is 13.2. The van der Waals surface area contributed by atoms with E-state index < -0.39 is 10.0 Å². The Kier molecular flexibility index (Phi) is 4.94. The first-order valence-corrected chi connectivity index (χ1v) is 8.83. The number of nitrogens with zero attached hydrogens (tertiary/aromatic N) is 3. The highest BCUT2D eigenvalue weighted by Gasteiger charge is 2.24. The molecule has 0 fully saturated rings. The molecule has 22 heavy (non-hydrogen) atoms. The van der Waals surface area contributed by atoms with E-state index >= 15 is 0 Å². The Hall–Kier alpha value is -1.37. The summed E-state index contributed by atoms with van der Waals surface area (Å²) in [5.41, 5.74) is 2.47. The fraction of sp³-hybridized carbons (Fsp3) is 0.400. The zero-order chi connectivity index (χ0) is 16.5. The van der Waals surface area contributed by atoms with Crippen molar-refractivity contribution in [2.45, 2.75) is 38.8 Å². The first kappa shape index (κ1) is 17.0. The van der Waals surface area contributed by atoms with Gasteiger partial charge in [0.1, 0.15) is 0 Å². The average Bonchev–Trinajstić information content (AvgIpc) is 2.79. The van der Waals surface area contributed by atoms with Gasteiger partial charge in [-0.2, -0.15) is 9.40 Å². The molecule has 0 atom stereocenters. The number of hydrogen-bond donors (Lipinski definition) is 0. The first-order valence-electron chi connectivity index (χ1n) is 7.01. The van der Waals surface area contributed by atoms with Crippen LogP contribution in [0.25, 0.3) is 0 Å². The van der Waals surface area contributed by atoms with Crippen LogP contribution in [0.15, 0.2) is 29.3 Å². The Morgan fingerprint density at radius 1 is 1.32 bits per heavy atom. The molecule has 7 heteroatoms. The Morgan fingerprint density at radius 3 is 2.59 bits per heavy atom. The number of halogens is 1. The Morgan fingerprint density at radius 2 is 2.00 bits per heavy atom. The van der Waals surface area contributed by atoms with Gasteiger partial charge in [-0.3, -0.25) is 4.68 Å². The van der Waals surface area contributed by atoms with E-state index in [-0.39, 0.29) is 6.54 Å². The van der Waals surface area contributed by atoms with Crippen LogP contribution >= 0.6 is 11.6 Å². The van der Waals surface area contributed by atoms with Crippen molar-refractivity contribution in [3.63, 3.8) is 0 Å². The van der Waals surface area contributed by atoms with Gasteiger partial charge in [0, 0.05) is 13.6 Å². The molecule has 0 N–H and O–H groups in total. The normalized spacial score (nSPS) is 12.1. The molecule has 0 radical (unpaired) electrons. The van der Waals surface area contributed by atoms with Gasteiger partial charge >= 0.3 is 0 Å². The number of aromatic nitrogens is 2. The standard InChI is InChI=1S/C15H20ClN3O2S/c1-5-19-14(13(16)9-17-19)10-18(4)22(20,21)15-7-6-11(2)8-12(15)3/h6-9H,5,10H2,1-4H3. The summed E-state index contributed by atoms with van der Waals surface area (Å²) < 4.78 is 28.5. The number of hydrogen-bond acceptors (Lipinski definition) is 3. The van der Waals surface area contributed by atoms with Crippen LogP contribution in [0.5, 0.6) is 0 Å². The number of sulfonamides is 1. The molecule has 0 amide bonds. The molecule has 2 rings (SSSR count). The molecule has 0 unspecified atom stereocenters. The van der Waals surface area contributed by atoms with Crippen molar-refractivity contribution in [2.24, 2.45) is 0 Å². The molecule has 0 bridgehead atoms. The van der Waals surface area contributed by atoms with Gasteiger partial charge < -0.3 is 0 Å². The first-order chi connectivity index (χ1) is 10.3. The molecular formula is C15H20ClN3O2S. The smallest absolute Gasteiger partial charge is 0.243 e. The molecule has 0 aliphatic heterocycles. The molecule has 0 spiro atoms. The lowest BCUT2D eigenvalue weighted by Gasteiger charge is -2.19. The second-order valence-electron chi connectivity index (χ2n) is 5.28. The minimum absolute atomic E-state index is 0.183. The molecule has 1 aromatic carbocycles. The second-order valence-corrected chi connectivity index (χ2v) is 7.71. The summed E-state index contributed by atoms with van der Waals surface area (Å²) in [6.07, 6.45) is 1.54. The summed E-state index contributed by atoms with van der Waals surface area (Å²) in [5, 5.41) is 4.61. The second kappa shape index (κ2) is 6.40. The highest BCUT2D eigenvalue weighted by Crippen LogP contribution is 2.23. The third kappa shape index (κ3) is 3.19. The fourth-order valence-electron chi connectivity index (χ4n) is 2.37. The summed E-state index contributed by atoms with van der Waals surface area (Å²) in [6, 6.07) is 5.32. The van der Waals surface area contributed by atoms with Crippen LogP contribution in [0.2, 0.25) is 5.02 Å². The van der Waals surface area contributed by atoms with Gasteiger partial charge in [0.2, 0.25) is 10.0 Å². The molecular weight excluding hydrogens is 322 g/mol. The summed E-state index contributed by atoms with van der Waals surface area (Å²) in [5.74, 6) is 0. The maximum atomic E-state index is 12.8. The third-order valence-corrected chi connectivity index (χ3v) is 5.87. The van der Waals surface area contributed by atoms with Gasteiger partial charge in [-0.25, -0.2) is 8.42 Å². The van der Waals surface area contributed by atoms with E-state index in [4.69, 9.17) is 11.6 Å². The zero-order valence-corrected chi connectivity index (χ0v) is 14.7. The molecule has 0 saturated carbocycles. The van der Waals surface area contributed by atoms with Crippen molar-refractivity contribution in [1.29, 1.82) is 0 Å². The fourth-order valence-corrected chi connectivity index (χ4v) is 3.90. The van der Waals surface area contributed by atoms with Crippen molar-refractivity contribution in [1.82, 2.24) is 14.1 Å². The maximum absolute atomic E-state index is 12.8. The Balaban J connectivity index is 2.35. The van der Waals surface area contributed by atoms with Crippen LogP contribution in [0.1, 0.15) is 23.7 Å². The van der Waals surface area contributed by atoms with Gasteiger partial charge in [0.15, 0.2) is 0 Å². The van der Waals surface area contributed by atoms with E-state index in [1.54, 1.807) is 30.8 Å². The van der Waals surface area contributed by atoms with Gasteiger partial charge in [0.05, 0.1) is 28.4 Å². The van der Waals surface area contributed by atoms with Crippen LogP contribution in [-0.2, 0) is 23.1 Å². The lowest BCUT2D eigenvalue weighted by Crippen LogP contribution is -2.28. The van der Waals surface area contributed by atoms with E-state index in [2.05, 4.69) is 5.10 Å². The van der Waals surface area contributed by atoms with Crippen LogP contribution in [0.3, 0.4) is 0 Å². The van der Waals surface area contributed by atoms with E-state index in [9.17, 15) is 8.42 Å². The quantitative estimate of drug-likeness (QED) is 0.840. The SMILES string of the molecule is CCn1ncc(Cl)c1CN(C)S(=O)(=O)c1ccc(C)cc1C. The summed E-state index contributed by atoms with van der Waals surface area (Å²) in [7, 11) is -2.02. The van der Waals surface area contributed by atoms with E-state index in [1.807, 2.05) is 19.9 Å². The van der Waals surface area contributed by atoms with Crippen molar-refractivity contribution in [3.05, 3.63) is 46.2 Å². The van der Waals surface area contributed by atoms with Crippen molar-refractivity contribution in [2.75, 3.05) is 7.05 Å². The summed E-state index contributed by atoms with van der Waals surface area (Å²) in [4.78, 5) is 0.319. The topological polar surface area (TPSA) is 55.2 Å². The number of aryl methyl sites for hydroxylation is 3. The molecule has 0 aliphatic rings. The molecule has 0 aliphatic carbocycles. The molecule has 1 aromatic heterocycles. The van der Waals surface area contributed by atoms with Gasteiger partial charge in [-0.05, 0) is 32.4 Å². The van der Waals surface area contributed by atoms with Gasteiger partial charge in [0.25, 0.3) is 0 Å². The third-order valence-electron chi connectivity index (χ3n) is 3.59. The van der Waals surface area contributed by atoms with Crippen molar-refractivity contribution in [3.8, 4) is 0 Å². The summed E-state index contributed by atoms with van der Waals surface area (Å²) >= 11 is 6.11. The summed E-state index contributed by atoms with van der Waals surface area (Å²) in [6.45, 7) is 6.50. The minimum atomic E-state index is -3.57. The Labute approximate surface area is 136 Å². The Bertz CT molecular complexity index is 784. The highest BCUT2D eigenvalue weighted by atomic mass is 35.5. The number of rotatable bonds is 5. The van der Waals surface area contributed by atoms with Gasteiger partial charge in [-0.1, -0.05) is 29.3 Å². The van der Waals surface area contributed by atoms with Crippen molar-refractivity contribution < 1.29 is 8.42 Å². The van der Waals surface area contributed by atoms with Crippen LogP contribution < -0.4 is 0 Å². The lowest BCUT2D eigenvalue weighted by atomic mass is 10.2. The average molecular weight is 342 g/mol. The van der Waals surface area contributed by atoms with Crippen LogP contribution in [-0.4, -0.2) is 29.6 Å². The highest BCUT2D eigenvalue weighted by molar-refractivity contribution is 7.89. The van der Waals surface area contributed by atoms with Crippen molar-refractivity contribution >= 4 is 21.6 Å². The monoisotopic (exact) mass is 341 g/mol. The van der Waals surface area contributed by atoms with Gasteiger partial charge in [-0.15, -0.1) is 0 Å². The molecule has 120 valence electrons. The van der Waals surface area contributed by atoms with E-state index in [0.29, 0.717) is 22.2 Å². The number of benzene rings is 1. The minimum Gasteiger partial charge on any atom is -0.267 e. The maximum Gasteiger partial charge on any atom is 0.243 e. The van der Waals surface area contributed by atoms with E-state index in [0.717, 1.165) is 11.1 Å². The molecule has 0 saturated heterocycles. The predicted octanol–water partition coefficient (Wildman–Crippen LogP) is 2.99. The molecule has 1 heterocycles. The molecule has 2 aromatic rings. The lowest BCUT2D eigenvalue weighted by molar-refractivity contribution is 0.447. The van der Waals surface area contributed by atoms with Crippen LogP contribution in [0, 0.1) is 13.8 Å². The largest absolute Gasteiger partial charge is 0.267 e. The van der Waals surface area contributed by atoms with E-state index in [1.165, 1.54) is 10.5 Å². The van der Waals surface area contributed by atoms with Crippen LogP contribution in [0.4, 0.5) is 0 Å².